The van der Waals surface area contributed by atoms with E-state index in [1.807, 2.05) is 0 Å². The molecule has 0 aromatic heterocycles. The fourth-order valence-electron chi connectivity index (χ4n) is 3.12. The zero-order chi connectivity index (χ0) is 19.3. The molecule has 0 spiro atoms. The molecule has 8 heteroatoms. The lowest BCUT2D eigenvalue weighted by Gasteiger charge is -2.31. The summed E-state index contributed by atoms with van der Waals surface area (Å²) in [7, 11) is -3.60. The van der Waals surface area contributed by atoms with Gasteiger partial charge < -0.3 is 10.2 Å². The van der Waals surface area contributed by atoms with Gasteiger partial charge >= 0.3 is 0 Å². The summed E-state index contributed by atoms with van der Waals surface area (Å²) in [5.74, 6) is -0.244. The number of hydrogen-bond acceptors (Lipinski definition) is 4. The number of nitrogens with one attached hydrogen (secondary N) is 1. The molecule has 0 bridgehead atoms. The van der Waals surface area contributed by atoms with Gasteiger partial charge in [0, 0.05) is 44.7 Å². The maximum absolute atomic E-state index is 12.6. The summed E-state index contributed by atoms with van der Waals surface area (Å²) in [4.78, 5) is 25.8. The molecule has 144 valence electrons. The van der Waals surface area contributed by atoms with Crippen molar-refractivity contribution in [1.29, 1.82) is 0 Å². The highest BCUT2D eigenvalue weighted by atomic mass is 32.2. The monoisotopic (exact) mass is 381 g/mol. The van der Waals surface area contributed by atoms with Gasteiger partial charge in [0.15, 0.2) is 0 Å². The Labute approximate surface area is 155 Å². The van der Waals surface area contributed by atoms with E-state index in [-0.39, 0.29) is 22.8 Å². The Bertz CT molecular complexity index is 751. The van der Waals surface area contributed by atoms with E-state index >= 15 is 0 Å². The third-order valence-corrected chi connectivity index (χ3v) is 6.76. The highest BCUT2D eigenvalue weighted by Gasteiger charge is 2.25. The summed E-state index contributed by atoms with van der Waals surface area (Å²) in [5, 5.41) is 2.95. The molecule has 1 fully saturated rings. The van der Waals surface area contributed by atoms with Crippen molar-refractivity contribution in [3.05, 3.63) is 29.8 Å². The lowest BCUT2D eigenvalue weighted by atomic mass is 10.0. The summed E-state index contributed by atoms with van der Waals surface area (Å²) in [6.07, 6.45) is 1.39. The maximum atomic E-state index is 12.6. The second-order valence-electron chi connectivity index (χ2n) is 6.37. The minimum absolute atomic E-state index is 0.0128. The topological polar surface area (TPSA) is 86.8 Å². The van der Waals surface area contributed by atoms with Crippen molar-refractivity contribution >= 4 is 21.8 Å². The van der Waals surface area contributed by atoms with Gasteiger partial charge in [-0.25, -0.2) is 8.42 Å². The maximum Gasteiger partial charge on any atom is 0.251 e. The molecule has 2 amide bonds. The van der Waals surface area contributed by atoms with E-state index in [1.165, 1.54) is 16.4 Å². The first-order valence-electron chi connectivity index (χ1n) is 8.96. The van der Waals surface area contributed by atoms with E-state index in [2.05, 4.69) is 5.32 Å². The number of likely N-dealkylation sites (tertiary alicyclic amines) is 1. The molecule has 1 heterocycles. The first-order valence-corrected chi connectivity index (χ1v) is 10.4. The number of piperidine rings is 1. The van der Waals surface area contributed by atoms with E-state index in [0.717, 1.165) is 0 Å². The van der Waals surface area contributed by atoms with Crippen molar-refractivity contribution in [2.45, 2.75) is 44.6 Å². The number of benzene rings is 1. The molecule has 1 aliphatic rings. The Morgan fingerprint density at radius 3 is 2.35 bits per heavy atom. The molecule has 26 heavy (non-hydrogen) atoms. The fraction of sp³-hybridized carbons (Fsp3) is 0.556. The number of carbonyl (C=O) groups excluding carboxylic acids is 2. The SMILES string of the molecule is CCN(CC)S(=O)(=O)c1cccc(C(=O)NC2CCN(C(C)=O)CC2)c1. The molecule has 1 N–H and O–H groups in total. The Morgan fingerprint density at radius 2 is 1.81 bits per heavy atom. The molecule has 0 radical (unpaired) electrons. The van der Waals surface area contributed by atoms with Crippen LogP contribution in [0.15, 0.2) is 29.2 Å². The number of sulfonamides is 1. The van der Waals surface area contributed by atoms with Gasteiger partial charge in [-0.05, 0) is 31.0 Å². The van der Waals surface area contributed by atoms with Crippen LogP contribution in [0.4, 0.5) is 0 Å². The molecule has 7 nitrogen and oxygen atoms in total. The molecule has 1 aromatic rings. The highest BCUT2D eigenvalue weighted by Crippen LogP contribution is 2.18. The van der Waals surface area contributed by atoms with Crippen LogP contribution in [-0.2, 0) is 14.8 Å². The highest BCUT2D eigenvalue weighted by molar-refractivity contribution is 7.89. The zero-order valence-corrected chi connectivity index (χ0v) is 16.4. The average Bonchev–Trinajstić information content (AvgIpc) is 2.63. The number of rotatable bonds is 6. The van der Waals surface area contributed by atoms with Gasteiger partial charge in [-0.15, -0.1) is 0 Å². The summed E-state index contributed by atoms with van der Waals surface area (Å²) in [5.41, 5.74) is 0.326. The van der Waals surface area contributed by atoms with Gasteiger partial charge in [0.05, 0.1) is 4.90 Å². The van der Waals surface area contributed by atoms with Crippen molar-refractivity contribution < 1.29 is 18.0 Å². The Hall–Kier alpha value is -1.93. The van der Waals surface area contributed by atoms with Crippen molar-refractivity contribution in [3.8, 4) is 0 Å². The van der Waals surface area contributed by atoms with Crippen molar-refractivity contribution in [1.82, 2.24) is 14.5 Å². The normalized spacial score (nSPS) is 15.9. The molecular weight excluding hydrogens is 354 g/mol. The third kappa shape index (κ3) is 4.62. The number of nitrogens with zero attached hydrogens (tertiary/aromatic N) is 2. The lowest BCUT2D eigenvalue weighted by molar-refractivity contribution is -0.129. The average molecular weight is 381 g/mol. The molecule has 0 atom stereocenters. The summed E-state index contributed by atoms with van der Waals surface area (Å²) < 4.78 is 26.6. The number of amides is 2. The van der Waals surface area contributed by atoms with Crippen molar-refractivity contribution in [3.63, 3.8) is 0 Å². The quantitative estimate of drug-likeness (QED) is 0.808. The van der Waals surface area contributed by atoms with Crippen LogP contribution in [0.1, 0.15) is 44.0 Å². The largest absolute Gasteiger partial charge is 0.349 e. The van der Waals surface area contributed by atoms with Gasteiger partial charge in [0.1, 0.15) is 0 Å². The molecule has 0 aliphatic carbocycles. The van der Waals surface area contributed by atoms with Crippen LogP contribution in [0, 0.1) is 0 Å². The smallest absolute Gasteiger partial charge is 0.251 e. The second kappa shape index (κ2) is 8.64. The summed E-state index contributed by atoms with van der Waals surface area (Å²) in [6, 6.07) is 6.12. The van der Waals surface area contributed by atoms with Crippen LogP contribution < -0.4 is 5.32 Å². The fourth-order valence-corrected chi connectivity index (χ4v) is 4.62. The van der Waals surface area contributed by atoms with Crippen LogP contribution in [-0.4, -0.2) is 61.7 Å². The van der Waals surface area contributed by atoms with Gasteiger partial charge in [-0.1, -0.05) is 19.9 Å². The van der Waals surface area contributed by atoms with E-state index in [1.54, 1.807) is 37.8 Å². The predicted octanol–water partition coefficient (Wildman–Crippen LogP) is 1.46. The molecule has 0 unspecified atom stereocenters. The summed E-state index contributed by atoms with van der Waals surface area (Å²) in [6.45, 7) is 7.11. The van der Waals surface area contributed by atoms with Gasteiger partial charge in [-0.3, -0.25) is 9.59 Å². The Balaban J connectivity index is 2.08. The van der Waals surface area contributed by atoms with Crippen LogP contribution in [0.25, 0.3) is 0 Å². The minimum atomic E-state index is -3.60. The van der Waals surface area contributed by atoms with Crippen molar-refractivity contribution in [2.24, 2.45) is 0 Å². The van der Waals surface area contributed by atoms with Crippen molar-refractivity contribution in [2.75, 3.05) is 26.2 Å². The molecule has 1 aromatic carbocycles. The van der Waals surface area contributed by atoms with E-state index in [0.29, 0.717) is 44.6 Å². The molecule has 0 saturated carbocycles. The first-order chi connectivity index (χ1) is 12.3. The Morgan fingerprint density at radius 1 is 1.19 bits per heavy atom. The predicted molar refractivity (Wildman–Crippen MR) is 99.3 cm³/mol. The van der Waals surface area contributed by atoms with Crippen LogP contribution in [0.5, 0.6) is 0 Å². The van der Waals surface area contributed by atoms with Gasteiger partial charge in [-0.2, -0.15) is 4.31 Å². The number of hydrogen-bond donors (Lipinski definition) is 1. The molecule has 2 rings (SSSR count). The standard InChI is InChI=1S/C18H27N3O4S/c1-4-21(5-2)26(24,25)17-8-6-7-15(13-17)18(23)19-16-9-11-20(12-10-16)14(3)22/h6-8,13,16H,4-5,9-12H2,1-3H3,(H,19,23). The molecule has 1 aliphatic heterocycles. The number of carbonyl (C=O) groups is 2. The van der Waals surface area contributed by atoms with Crippen LogP contribution in [0.3, 0.4) is 0 Å². The van der Waals surface area contributed by atoms with Crippen LogP contribution in [0.2, 0.25) is 0 Å². The summed E-state index contributed by atoms with van der Waals surface area (Å²) >= 11 is 0. The second-order valence-corrected chi connectivity index (χ2v) is 8.31. The Kier molecular flexibility index (Phi) is 6.77. The molecular formula is C18H27N3O4S. The third-order valence-electron chi connectivity index (χ3n) is 4.71. The zero-order valence-electron chi connectivity index (χ0n) is 15.6. The minimum Gasteiger partial charge on any atom is -0.349 e. The first kappa shape index (κ1) is 20.4. The molecule has 1 saturated heterocycles. The lowest BCUT2D eigenvalue weighted by Crippen LogP contribution is -2.46. The van der Waals surface area contributed by atoms with E-state index < -0.39 is 10.0 Å². The van der Waals surface area contributed by atoms with E-state index in [9.17, 15) is 18.0 Å². The van der Waals surface area contributed by atoms with Gasteiger partial charge in [0.25, 0.3) is 5.91 Å². The van der Waals surface area contributed by atoms with E-state index in [4.69, 9.17) is 0 Å². The van der Waals surface area contributed by atoms with Gasteiger partial charge in [0.2, 0.25) is 15.9 Å². The van der Waals surface area contributed by atoms with Crippen LogP contribution >= 0.6 is 0 Å².